The summed E-state index contributed by atoms with van der Waals surface area (Å²) in [5.41, 5.74) is 0. The maximum Gasteiger partial charge on any atom is 0.242 e. The van der Waals surface area contributed by atoms with Gasteiger partial charge in [-0.05, 0) is 37.5 Å². The molecule has 6 heteroatoms. The molecule has 3 rings (SSSR count). The predicted octanol–water partition coefficient (Wildman–Crippen LogP) is 0.735. The fraction of sp³-hybridized carbons (Fsp3) is 0.867. The minimum atomic E-state index is 0. The van der Waals surface area contributed by atoms with Gasteiger partial charge in [-0.25, -0.2) is 0 Å². The van der Waals surface area contributed by atoms with Crippen molar-refractivity contribution in [3.8, 4) is 0 Å². The van der Waals surface area contributed by atoms with Crippen LogP contribution in [0.5, 0.6) is 0 Å². The first-order valence-corrected chi connectivity index (χ1v) is 7.90. The van der Waals surface area contributed by atoms with Crippen LogP contribution >= 0.6 is 12.4 Å². The van der Waals surface area contributed by atoms with Gasteiger partial charge in [0.25, 0.3) is 0 Å². The Hall–Kier alpha value is -0.810. The average molecular weight is 316 g/mol. The lowest BCUT2D eigenvalue weighted by Crippen LogP contribution is -2.50. The zero-order chi connectivity index (χ0) is 14.1. The summed E-state index contributed by atoms with van der Waals surface area (Å²) in [5.74, 6) is 1.71. The molecule has 1 aliphatic heterocycles. The number of carbonyl (C=O) groups excluding carboxylic acids is 2. The number of rotatable bonds is 5. The summed E-state index contributed by atoms with van der Waals surface area (Å²) < 4.78 is 0. The Morgan fingerprint density at radius 1 is 1.14 bits per heavy atom. The van der Waals surface area contributed by atoms with Gasteiger partial charge in [0.1, 0.15) is 0 Å². The standard InChI is InChI=1S/C15H25N3O2.ClH/c1-17(10-13(19)18-8-6-16-7-9-18)15(20)14(11-2-3-11)12-4-5-12;/h11-12,14,16H,2-10H2,1H3;1H. The number of nitrogens with one attached hydrogen (secondary N) is 1. The molecule has 0 radical (unpaired) electrons. The highest BCUT2D eigenvalue weighted by Crippen LogP contribution is 2.49. The van der Waals surface area contributed by atoms with Crippen molar-refractivity contribution in [1.82, 2.24) is 15.1 Å². The summed E-state index contributed by atoms with van der Waals surface area (Å²) in [6.07, 6.45) is 4.80. The molecular weight excluding hydrogens is 290 g/mol. The molecule has 0 unspecified atom stereocenters. The van der Waals surface area contributed by atoms with Crippen LogP contribution in [-0.2, 0) is 9.59 Å². The van der Waals surface area contributed by atoms with Crippen LogP contribution in [0.3, 0.4) is 0 Å². The number of amides is 2. The molecule has 0 bridgehead atoms. The third-order valence-electron chi connectivity index (χ3n) is 4.76. The van der Waals surface area contributed by atoms with Crippen molar-refractivity contribution in [3.63, 3.8) is 0 Å². The van der Waals surface area contributed by atoms with Gasteiger partial charge in [0.2, 0.25) is 11.8 Å². The van der Waals surface area contributed by atoms with Crippen LogP contribution in [0.1, 0.15) is 25.7 Å². The molecule has 1 saturated heterocycles. The van der Waals surface area contributed by atoms with Crippen LogP contribution in [0, 0.1) is 17.8 Å². The maximum atomic E-state index is 12.6. The second-order valence-electron chi connectivity index (χ2n) is 6.53. The molecule has 5 nitrogen and oxygen atoms in total. The number of nitrogens with zero attached hydrogens (tertiary/aromatic N) is 2. The molecule has 0 aromatic carbocycles. The summed E-state index contributed by atoms with van der Waals surface area (Å²) in [6.45, 7) is 3.48. The first kappa shape index (κ1) is 16.6. The van der Waals surface area contributed by atoms with Gasteiger partial charge in [-0.2, -0.15) is 0 Å². The Balaban J connectivity index is 0.00000161. The maximum absolute atomic E-state index is 12.6. The van der Waals surface area contributed by atoms with E-state index >= 15 is 0 Å². The van der Waals surface area contributed by atoms with Crippen molar-refractivity contribution in [2.45, 2.75) is 25.7 Å². The van der Waals surface area contributed by atoms with E-state index < -0.39 is 0 Å². The summed E-state index contributed by atoms with van der Waals surface area (Å²) in [4.78, 5) is 28.3. The van der Waals surface area contributed by atoms with Crippen molar-refractivity contribution in [2.24, 2.45) is 17.8 Å². The van der Waals surface area contributed by atoms with Crippen molar-refractivity contribution in [3.05, 3.63) is 0 Å². The largest absolute Gasteiger partial charge is 0.339 e. The Labute approximate surface area is 132 Å². The molecule has 1 N–H and O–H groups in total. The molecule has 120 valence electrons. The molecule has 2 saturated carbocycles. The number of hydrogen-bond acceptors (Lipinski definition) is 3. The van der Waals surface area contributed by atoms with Crippen LogP contribution < -0.4 is 5.32 Å². The molecule has 0 spiro atoms. The zero-order valence-electron chi connectivity index (χ0n) is 12.7. The SMILES string of the molecule is CN(CC(=O)N1CCNCC1)C(=O)C(C1CC1)C1CC1.Cl. The monoisotopic (exact) mass is 315 g/mol. The Bertz CT molecular complexity index is 378. The molecule has 21 heavy (non-hydrogen) atoms. The topological polar surface area (TPSA) is 52.7 Å². The number of carbonyl (C=O) groups is 2. The van der Waals surface area contributed by atoms with E-state index in [0.29, 0.717) is 11.8 Å². The second kappa shape index (κ2) is 6.97. The van der Waals surface area contributed by atoms with E-state index in [1.165, 1.54) is 25.7 Å². The highest BCUT2D eigenvalue weighted by Gasteiger charge is 2.46. The van der Waals surface area contributed by atoms with Crippen LogP contribution in [-0.4, -0.2) is 61.4 Å². The number of halogens is 1. The molecule has 1 heterocycles. The minimum Gasteiger partial charge on any atom is -0.339 e. The van der Waals surface area contributed by atoms with Gasteiger partial charge in [0.15, 0.2) is 0 Å². The smallest absolute Gasteiger partial charge is 0.242 e. The third kappa shape index (κ3) is 4.10. The van der Waals surface area contributed by atoms with Gasteiger partial charge in [-0.3, -0.25) is 9.59 Å². The lowest BCUT2D eigenvalue weighted by atomic mass is 9.96. The van der Waals surface area contributed by atoms with Crippen LogP contribution in [0.4, 0.5) is 0 Å². The number of likely N-dealkylation sites (N-methyl/N-ethyl adjacent to an activating group) is 1. The van der Waals surface area contributed by atoms with E-state index in [9.17, 15) is 9.59 Å². The summed E-state index contributed by atoms with van der Waals surface area (Å²) in [6, 6.07) is 0. The Kier molecular flexibility index (Phi) is 5.49. The van der Waals surface area contributed by atoms with Gasteiger partial charge >= 0.3 is 0 Å². The molecule has 3 fully saturated rings. The van der Waals surface area contributed by atoms with E-state index in [2.05, 4.69) is 5.32 Å². The highest BCUT2D eigenvalue weighted by atomic mass is 35.5. The van der Waals surface area contributed by atoms with Gasteiger partial charge in [0, 0.05) is 39.1 Å². The molecule has 2 aliphatic carbocycles. The summed E-state index contributed by atoms with van der Waals surface area (Å²) in [7, 11) is 1.79. The van der Waals surface area contributed by atoms with Crippen molar-refractivity contribution >= 4 is 24.2 Å². The fourth-order valence-electron chi connectivity index (χ4n) is 3.25. The van der Waals surface area contributed by atoms with Crippen LogP contribution in [0.25, 0.3) is 0 Å². The fourth-order valence-corrected chi connectivity index (χ4v) is 3.25. The van der Waals surface area contributed by atoms with Crippen LogP contribution in [0.2, 0.25) is 0 Å². The zero-order valence-corrected chi connectivity index (χ0v) is 13.5. The van der Waals surface area contributed by atoms with E-state index in [4.69, 9.17) is 0 Å². The van der Waals surface area contributed by atoms with E-state index in [0.717, 1.165) is 26.2 Å². The van der Waals surface area contributed by atoms with E-state index in [1.54, 1.807) is 11.9 Å². The number of piperazine rings is 1. The lowest BCUT2D eigenvalue weighted by molar-refractivity contribution is -0.142. The molecule has 3 aliphatic rings. The third-order valence-corrected chi connectivity index (χ3v) is 4.76. The molecule has 0 aromatic heterocycles. The van der Waals surface area contributed by atoms with E-state index in [1.807, 2.05) is 4.90 Å². The second-order valence-corrected chi connectivity index (χ2v) is 6.53. The summed E-state index contributed by atoms with van der Waals surface area (Å²) in [5, 5.41) is 3.24. The van der Waals surface area contributed by atoms with Gasteiger partial charge in [-0.15, -0.1) is 12.4 Å². The molecule has 0 aromatic rings. The normalized spacial score (nSPS) is 21.9. The molecule has 2 amide bonds. The van der Waals surface area contributed by atoms with Crippen molar-refractivity contribution in [1.29, 1.82) is 0 Å². The lowest BCUT2D eigenvalue weighted by Gasteiger charge is -2.30. The predicted molar refractivity (Wildman–Crippen MR) is 83.3 cm³/mol. The first-order chi connectivity index (χ1) is 9.66. The Morgan fingerprint density at radius 3 is 2.14 bits per heavy atom. The molecule has 0 atom stereocenters. The Morgan fingerprint density at radius 2 is 1.67 bits per heavy atom. The van der Waals surface area contributed by atoms with E-state index in [-0.39, 0.29) is 36.7 Å². The first-order valence-electron chi connectivity index (χ1n) is 7.90. The van der Waals surface area contributed by atoms with Crippen LogP contribution in [0.15, 0.2) is 0 Å². The molecular formula is C15H26ClN3O2. The van der Waals surface area contributed by atoms with Crippen molar-refractivity contribution in [2.75, 3.05) is 39.8 Å². The quantitative estimate of drug-likeness (QED) is 0.814. The van der Waals surface area contributed by atoms with Gasteiger partial charge < -0.3 is 15.1 Å². The van der Waals surface area contributed by atoms with Crippen molar-refractivity contribution < 1.29 is 9.59 Å². The average Bonchev–Trinajstić information content (AvgIpc) is 3.34. The number of hydrogen-bond donors (Lipinski definition) is 1. The van der Waals surface area contributed by atoms with Gasteiger partial charge in [0.05, 0.1) is 6.54 Å². The highest BCUT2D eigenvalue weighted by molar-refractivity contribution is 5.86. The minimum absolute atomic E-state index is 0. The summed E-state index contributed by atoms with van der Waals surface area (Å²) >= 11 is 0. The van der Waals surface area contributed by atoms with Gasteiger partial charge in [-0.1, -0.05) is 0 Å².